The van der Waals surface area contributed by atoms with E-state index in [1.165, 1.54) is 0 Å². The first kappa shape index (κ1) is 22.6. The molecule has 0 aliphatic carbocycles. The summed E-state index contributed by atoms with van der Waals surface area (Å²) in [5.41, 5.74) is 6.22. The Morgan fingerprint density at radius 1 is 1.26 bits per heavy atom. The molecule has 0 unspecified atom stereocenters. The number of rotatable bonds is 8. The molecule has 1 aliphatic rings. The highest BCUT2D eigenvalue weighted by Crippen LogP contribution is 2.23. The number of nitrogens with two attached hydrogens (primary N) is 1. The van der Waals surface area contributed by atoms with E-state index in [4.69, 9.17) is 15.9 Å². The molecule has 1 fully saturated rings. The zero-order valence-electron chi connectivity index (χ0n) is 17.6. The van der Waals surface area contributed by atoms with Gasteiger partial charge in [-0.1, -0.05) is 18.2 Å². The quantitative estimate of drug-likeness (QED) is 0.333. The zero-order chi connectivity index (χ0) is 22.4. The number of esters is 1. The summed E-state index contributed by atoms with van der Waals surface area (Å²) >= 11 is 0. The number of hydrogen-bond acceptors (Lipinski definition) is 7. The van der Waals surface area contributed by atoms with Gasteiger partial charge in [0.2, 0.25) is 5.95 Å². The molecule has 1 aliphatic heterocycles. The number of halogens is 1. The van der Waals surface area contributed by atoms with E-state index < -0.39 is 17.4 Å². The average molecular weight is 429 g/mol. The zero-order valence-corrected chi connectivity index (χ0v) is 17.6. The second-order valence-corrected chi connectivity index (χ2v) is 8.13. The summed E-state index contributed by atoms with van der Waals surface area (Å²) in [4.78, 5) is 22.4. The van der Waals surface area contributed by atoms with Gasteiger partial charge in [-0.05, 0) is 43.7 Å². The van der Waals surface area contributed by atoms with E-state index in [0.717, 1.165) is 5.56 Å². The Morgan fingerprint density at radius 3 is 2.55 bits per heavy atom. The van der Waals surface area contributed by atoms with Crippen LogP contribution in [0.3, 0.4) is 0 Å². The Morgan fingerprint density at radius 2 is 1.90 bits per heavy atom. The smallest absolute Gasteiger partial charge is 0.313 e. The Kier molecular flexibility index (Phi) is 7.17. The highest BCUT2D eigenvalue weighted by Gasteiger charge is 2.28. The monoisotopic (exact) mass is 429 g/mol. The van der Waals surface area contributed by atoms with Gasteiger partial charge in [-0.25, -0.2) is 14.4 Å². The van der Waals surface area contributed by atoms with Crippen molar-refractivity contribution in [1.29, 1.82) is 5.41 Å². The maximum Gasteiger partial charge on any atom is 0.313 e. The van der Waals surface area contributed by atoms with Crippen LogP contribution in [0.25, 0.3) is 0 Å². The summed E-state index contributed by atoms with van der Waals surface area (Å²) in [5.74, 6) is -0.720. The molecule has 2 heterocycles. The van der Waals surface area contributed by atoms with E-state index in [9.17, 15) is 14.3 Å². The van der Waals surface area contributed by atoms with Crippen LogP contribution in [-0.2, 0) is 29.0 Å². The van der Waals surface area contributed by atoms with Crippen molar-refractivity contribution in [2.24, 2.45) is 5.73 Å². The molecule has 0 radical (unpaired) electrons. The Bertz CT molecular complexity index is 923. The molecule has 0 atom stereocenters. The predicted octanol–water partition coefficient (Wildman–Crippen LogP) is 2.12. The maximum absolute atomic E-state index is 14.7. The molecule has 31 heavy (non-hydrogen) atoms. The SMILES string of the molecule is CC1(O)CCN(c2ncc(CCc3cccc(COC(=O)CC(=N)N)c3F)cn2)CC1. The lowest BCUT2D eigenvalue weighted by Gasteiger charge is -2.35. The molecular formula is C22H28FN5O3. The minimum atomic E-state index is -0.660. The summed E-state index contributed by atoms with van der Waals surface area (Å²) in [5, 5.41) is 17.2. The number of piperidine rings is 1. The van der Waals surface area contributed by atoms with Crippen molar-refractivity contribution >= 4 is 17.8 Å². The van der Waals surface area contributed by atoms with Gasteiger partial charge in [0, 0.05) is 31.0 Å². The summed E-state index contributed by atoms with van der Waals surface area (Å²) in [6.45, 7) is 3.06. The van der Waals surface area contributed by atoms with Gasteiger partial charge in [0.25, 0.3) is 0 Å². The Hall–Kier alpha value is -3.07. The van der Waals surface area contributed by atoms with Gasteiger partial charge < -0.3 is 20.5 Å². The summed E-state index contributed by atoms with van der Waals surface area (Å²) in [7, 11) is 0. The van der Waals surface area contributed by atoms with E-state index >= 15 is 0 Å². The van der Waals surface area contributed by atoms with Crippen molar-refractivity contribution in [2.75, 3.05) is 18.0 Å². The number of nitrogens with zero attached hydrogens (tertiary/aromatic N) is 3. The number of aromatic nitrogens is 2. The standard InChI is InChI=1S/C22H28FN5O3/c1-22(30)7-9-28(10-8-22)21-26-12-15(13-27-21)5-6-16-3-2-4-17(20(16)23)14-31-19(29)11-18(24)25/h2-4,12-13,30H,5-11,14H2,1H3,(H3,24,25). The van der Waals surface area contributed by atoms with Gasteiger partial charge >= 0.3 is 5.97 Å². The molecule has 0 spiro atoms. The lowest BCUT2D eigenvalue weighted by atomic mass is 9.94. The molecule has 1 aromatic carbocycles. The van der Waals surface area contributed by atoms with Crippen LogP contribution < -0.4 is 10.6 Å². The summed E-state index contributed by atoms with van der Waals surface area (Å²) < 4.78 is 19.7. The third-order valence-corrected chi connectivity index (χ3v) is 5.38. The van der Waals surface area contributed by atoms with Crippen molar-refractivity contribution in [1.82, 2.24) is 9.97 Å². The minimum absolute atomic E-state index is 0.202. The van der Waals surface area contributed by atoms with Crippen molar-refractivity contribution in [3.05, 3.63) is 53.1 Å². The van der Waals surface area contributed by atoms with Crippen molar-refractivity contribution in [2.45, 2.75) is 51.2 Å². The molecule has 2 aromatic rings. The number of anilines is 1. The van der Waals surface area contributed by atoms with Crippen molar-refractivity contribution < 1.29 is 19.0 Å². The molecule has 4 N–H and O–H groups in total. The molecule has 166 valence electrons. The summed E-state index contributed by atoms with van der Waals surface area (Å²) in [6.07, 6.45) is 5.57. The highest BCUT2D eigenvalue weighted by atomic mass is 19.1. The molecule has 0 bridgehead atoms. The number of carbonyl (C=O) groups is 1. The molecule has 1 saturated heterocycles. The van der Waals surface area contributed by atoms with Gasteiger partial charge in [0.15, 0.2) is 0 Å². The van der Waals surface area contributed by atoms with E-state index in [1.807, 2.05) is 6.92 Å². The Labute approximate surface area is 180 Å². The third-order valence-electron chi connectivity index (χ3n) is 5.38. The Balaban J connectivity index is 1.55. The molecule has 9 heteroatoms. The van der Waals surface area contributed by atoms with E-state index in [0.29, 0.717) is 50.3 Å². The van der Waals surface area contributed by atoms with E-state index in [2.05, 4.69) is 14.9 Å². The minimum Gasteiger partial charge on any atom is -0.460 e. The van der Waals surface area contributed by atoms with Gasteiger partial charge in [0.05, 0.1) is 5.60 Å². The van der Waals surface area contributed by atoms with Crippen LogP contribution in [-0.4, -0.2) is 45.6 Å². The number of carbonyl (C=O) groups excluding carboxylic acids is 1. The van der Waals surface area contributed by atoms with Gasteiger partial charge in [-0.2, -0.15) is 0 Å². The lowest BCUT2D eigenvalue weighted by Crippen LogP contribution is -2.43. The van der Waals surface area contributed by atoms with Crippen LogP contribution in [0.15, 0.2) is 30.6 Å². The van der Waals surface area contributed by atoms with Crippen molar-refractivity contribution in [3.63, 3.8) is 0 Å². The van der Waals surface area contributed by atoms with Crippen LogP contribution in [0, 0.1) is 11.2 Å². The average Bonchev–Trinajstić information content (AvgIpc) is 2.72. The van der Waals surface area contributed by atoms with Gasteiger partial charge in [-0.3, -0.25) is 10.2 Å². The molecule has 8 nitrogen and oxygen atoms in total. The number of amidine groups is 1. The highest BCUT2D eigenvalue weighted by molar-refractivity contribution is 5.94. The van der Waals surface area contributed by atoms with E-state index in [1.54, 1.807) is 30.6 Å². The van der Waals surface area contributed by atoms with Crippen LogP contribution in [0.1, 0.15) is 42.9 Å². The number of aryl methyl sites for hydroxylation is 2. The van der Waals surface area contributed by atoms with Crippen LogP contribution in [0.4, 0.5) is 10.3 Å². The van der Waals surface area contributed by atoms with Crippen molar-refractivity contribution in [3.8, 4) is 0 Å². The largest absolute Gasteiger partial charge is 0.460 e. The number of hydrogen-bond donors (Lipinski definition) is 3. The fourth-order valence-electron chi connectivity index (χ4n) is 3.41. The normalized spacial score (nSPS) is 15.5. The maximum atomic E-state index is 14.7. The third kappa shape index (κ3) is 6.45. The van der Waals surface area contributed by atoms with Crippen LogP contribution in [0.2, 0.25) is 0 Å². The van der Waals surface area contributed by atoms with Crippen LogP contribution >= 0.6 is 0 Å². The fraction of sp³-hybridized carbons (Fsp3) is 0.455. The fourth-order valence-corrected chi connectivity index (χ4v) is 3.41. The first-order valence-corrected chi connectivity index (χ1v) is 10.3. The number of nitrogens with one attached hydrogen (secondary N) is 1. The molecule has 1 aromatic heterocycles. The van der Waals surface area contributed by atoms with E-state index in [-0.39, 0.29) is 24.4 Å². The lowest BCUT2D eigenvalue weighted by molar-refractivity contribution is -0.143. The number of benzene rings is 1. The molecular weight excluding hydrogens is 401 g/mol. The molecule has 0 amide bonds. The topological polar surface area (TPSA) is 125 Å². The van der Waals surface area contributed by atoms with Gasteiger partial charge in [-0.15, -0.1) is 0 Å². The summed E-state index contributed by atoms with van der Waals surface area (Å²) in [6, 6.07) is 4.98. The first-order valence-electron chi connectivity index (χ1n) is 10.3. The molecule has 0 saturated carbocycles. The number of ether oxygens (including phenoxy) is 1. The van der Waals surface area contributed by atoms with Gasteiger partial charge in [0.1, 0.15) is 24.7 Å². The molecule has 3 rings (SSSR count). The van der Waals surface area contributed by atoms with Crippen LogP contribution in [0.5, 0.6) is 0 Å². The second-order valence-electron chi connectivity index (χ2n) is 8.13. The second kappa shape index (κ2) is 9.82. The predicted molar refractivity (Wildman–Crippen MR) is 114 cm³/mol. The first-order chi connectivity index (χ1) is 14.7. The number of aliphatic hydroxyl groups is 1.